The van der Waals surface area contributed by atoms with Gasteiger partial charge in [0.15, 0.2) is 5.60 Å². The van der Waals surface area contributed by atoms with Gasteiger partial charge in [-0.3, -0.25) is 14.9 Å². The van der Waals surface area contributed by atoms with E-state index in [1.807, 2.05) is 0 Å². The zero-order valence-electron chi connectivity index (χ0n) is 15.3. The fourth-order valence-electron chi connectivity index (χ4n) is 4.14. The van der Waals surface area contributed by atoms with Gasteiger partial charge in [-0.15, -0.1) is 0 Å². The number of benzene rings is 1. The van der Waals surface area contributed by atoms with Crippen molar-refractivity contribution in [2.75, 3.05) is 0 Å². The van der Waals surface area contributed by atoms with Crippen molar-refractivity contribution in [1.82, 2.24) is 9.55 Å². The van der Waals surface area contributed by atoms with E-state index >= 15 is 0 Å². The van der Waals surface area contributed by atoms with Gasteiger partial charge in [0, 0.05) is 22.6 Å². The molecule has 30 heavy (non-hydrogen) atoms. The Balaban J connectivity index is 0.00000218. The Morgan fingerprint density at radius 2 is 2.10 bits per heavy atom. The van der Waals surface area contributed by atoms with Crippen molar-refractivity contribution >= 4 is 22.6 Å². The highest BCUT2D eigenvalue weighted by molar-refractivity contribution is 5.91. The minimum Gasteiger partial charge on any atom is -0.458 e. The second-order valence-electron chi connectivity index (χ2n) is 7.21. The second kappa shape index (κ2) is 6.46. The smallest absolute Gasteiger partial charge is 0.343 e. The topological polar surface area (TPSA) is 125 Å². The number of fused-ring (bicyclic) bond motifs is 5. The van der Waals surface area contributed by atoms with Gasteiger partial charge < -0.3 is 14.4 Å². The number of hydrogen-bond acceptors (Lipinski definition) is 7. The standard InChI is InChI=1S/C20H15N3O6.CH4/c1-2-20(26)13-7-15-17-11(8-22(15)18(24)12(13)9-29-19(20)25)6-10-4-3-5-14(23(27)28)16(10)21-17;/h3-7,26H,2,8-9H2,1H3;1H4/t20-;/m0./s1. The van der Waals surface area contributed by atoms with Gasteiger partial charge in [0.2, 0.25) is 0 Å². The molecule has 0 unspecified atom stereocenters. The number of esters is 1. The zero-order valence-corrected chi connectivity index (χ0v) is 15.3. The van der Waals surface area contributed by atoms with E-state index in [1.165, 1.54) is 10.6 Å². The third-order valence-electron chi connectivity index (χ3n) is 5.71. The largest absolute Gasteiger partial charge is 0.458 e. The molecule has 2 aliphatic heterocycles. The van der Waals surface area contributed by atoms with E-state index in [2.05, 4.69) is 4.98 Å². The number of para-hydroxylation sites is 1. The van der Waals surface area contributed by atoms with Crippen molar-refractivity contribution in [3.05, 3.63) is 67.5 Å². The number of carbonyl (C=O) groups is 1. The van der Waals surface area contributed by atoms with Gasteiger partial charge >= 0.3 is 5.97 Å². The van der Waals surface area contributed by atoms with E-state index in [0.29, 0.717) is 16.8 Å². The summed E-state index contributed by atoms with van der Waals surface area (Å²) < 4.78 is 6.54. The van der Waals surface area contributed by atoms with Gasteiger partial charge in [0.25, 0.3) is 11.2 Å². The van der Waals surface area contributed by atoms with E-state index in [9.17, 15) is 24.8 Å². The molecule has 0 radical (unpaired) electrons. The minimum absolute atomic E-state index is 0. The Hall–Kier alpha value is -3.59. The predicted molar refractivity (Wildman–Crippen MR) is 108 cm³/mol. The van der Waals surface area contributed by atoms with Gasteiger partial charge in [-0.1, -0.05) is 26.5 Å². The molecular weight excluding hydrogens is 390 g/mol. The van der Waals surface area contributed by atoms with Crippen LogP contribution in [0, 0.1) is 10.1 Å². The van der Waals surface area contributed by atoms with Crippen LogP contribution in [0.1, 0.15) is 37.5 Å². The maximum Gasteiger partial charge on any atom is 0.343 e. The molecule has 2 aromatic heterocycles. The summed E-state index contributed by atoms with van der Waals surface area (Å²) in [5, 5.41) is 22.9. The SMILES string of the molecule is C.CC[C@@]1(O)C(=O)OCc2c1cc1n(c2=O)Cc2cc3cccc([N+](=O)[O-])c3nc2-1. The molecule has 9 heteroatoms. The van der Waals surface area contributed by atoms with Crippen LogP contribution in [-0.2, 0) is 28.3 Å². The van der Waals surface area contributed by atoms with Crippen LogP contribution >= 0.6 is 0 Å². The maximum absolute atomic E-state index is 13.1. The number of aromatic nitrogens is 2. The zero-order chi connectivity index (χ0) is 20.5. The Bertz CT molecular complexity index is 1310. The van der Waals surface area contributed by atoms with E-state index in [-0.39, 0.29) is 54.9 Å². The molecule has 1 N–H and O–H groups in total. The number of nitro benzene ring substituents is 1. The van der Waals surface area contributed by atoms with E-state index in [4.69, 9.17) is 4.74 Å². The summed E-state index contributed by atoms with van der Waals surface area (Å²) in [6.45, 7) is 1.68. The Morgan fingerprint density at radius 3 is 2.80 bits per heavy atom. The molecule has 154 valence electrons. The average Bonchev–Trinajstić information content (AvgIpc) is 3.07. The second-order valence-corrected chi connectivity index (χ2v) is 7.21. The highest BCUT2D eigenvalue weighted by atomic mass is 16.6. The molecule has 4 heterocycles. The molecule has 0 spiro atoms. The maximum atomic E-state index is 13.1. The van der Waals surface area contributed by atoms with Gasteiger partial charge in [-0.25, -0.2) is 9.78 Å². The van der Waals surface area contributed by atoms with Crippen LogP contribution in [0.25, 0.3) is 22.3 Å². The summed E-state index contributed by atoms with van der Waals surface area (Å²) in [7, 11) is 0. The summed E-state index contributed by atoms with van der Waals surface area (Å²) >= 11 is 0. The molecule has 2 aliphatic rings. The summed E-state index contributed by atoms with van der Waals surface area (Å²) in [6.07, 6.45) is 0.0468. The van der Waals surface area contributed by atoms with E-state index in [1.54, 1.807) is 31.2 Å². The van der Waals surface area contributed by atoms with Crippen molar-refractivity contribution in [1.29, 1.82) is 0 Å². The average molecular weight is 409 g/mol. The summed E-state index contributed by atoms with van der Waals surface area (Å²) in [4.78, 5) is 40.7. The van der Waals surface area contributed by atoms with Crippen LogP contribution in [-0.4, -0.2) is 25.6 Å². The molecule has 0 saturated carbocycles. The number of nitro groups is 1. The molecule has 0 amide bonds. The van der Waals surface area contributed by atoms with Crippen molar-refractivity contribution in [3.8, 4) is 11.4 Å². The van der Waals surface area contributed by atoms with Crippen LogP contribution in [0.3, 0.4) is 0 Å². The third-order valence-corrected chi connectivity index (χ3v) is 5.71. The van der Waals surface area contributed by atoms with Crippen LogP contribution < -0.4 is 5.56 Å². The molecule has 0 fully saturated rings. The number of aliphatic hydroxyl groups is 1. The van der Waals surface area contributed by atoms with Crippen LogP contribution in [0.4, 0.5) is 5.69 Å². The number of ether oxygens (including phenoxy) is 1. The quantitative estimate of drug-likeness (QED) is 0.306. The van der Waals surface area contributed by atoms with Gasteiger partial charge in [-0.2, -0.15) is 0 Å². The molecule has 9 nitrogen and oxygen atoms in total. The minimum atomic E-state index is -1.91. The van der Waals surface area contributed by atoms with Crippen LogP contribution in [0.2, 0.25) is 0 Å². The molecule has 1 aromatic carbocycles. The summed E-state index contributed by atoms with van der Waals surface area (Å²) in [6, 6.07) is 8.06. The number of non-ortho nitro benzene ring substituents is 1. The Labute approximate surface area is 170 Å². The number of rotatable bonds is 2. The third kappa shape index (κ3) is 2.42. The molecule has 5 rings (SSSR count). The normalized spacial score (nSPS) is 18.8. The van der Waals surface area contributed by atoms with Crippen molar-refractivity contribution in [2.45, 2.75) is 39.5 Å². The molecule has 0 aliphatic carbocycles. The molecule has 1 atom stereocenters. The number of pyridine rings is 2. The number of carbonyl (C=O) groups excluding carboxylic acids is 1. The van der Waals surface area contributed by atoms with Crippen molar-refractivity contribution < 1.29 is 19.6 Å². The Morgan fingerprint density at radius 1 is 1.33 bits per heavy atom. The van der Waals surface area contributed by atoms with Crippen LogP contribution in [0.5, 0.6) is 0 Å². The number of cyclic esters (lactones) is 1. The van der Waals surface area contributed by atoms with Gasteiger partial charge in [-0.05, 0) is 18.6 Å². The molecular formula is C21H19N3O6. The lowest BCUT2D eigenvalue weighted by Gasteiger charge is -2.31. The van der Waals surface area contributed by atoms with Gasteiger partial charge in [0.1, 0.15) is 12.1 Å². The first-order valence-corrected chi connectivity index (χ1v) is 9.09. The first kappa shape index (κ1) is 19.7. The summed E-state index contributed by atoms with van der Waals surface area (Å²) in [5.74, 6) is -0.794. The first-order valence-electron chi connectivity index (χ1n) is 9.09. The number of hydrogen-bond donors (Lipinski definition) is 1. The fourth-order valence-corrected chi connectivity index (χ4v) is 4.14. The lowest BCUT2D eigenvalue weighted by Crippen LogP contribution is -2.44. The molecule has 0 bridgehead atoms. The van der Waals surface area contributed by atoms with E-state index in [0.717, 1.165) is 5.56 Å². The monoisotopic (exact) mass is 409 g/mol. The lowest BCUT2D eigenvalue weighted by atomic mass is 9.86. The van der Waals surface area contributed by atoms with E-state index < -0.39 is 16.5 Å². The lowest BCUT2D eigenvalue weighted by molar-refractivity contribution is -0.383. The summed E-state index contributed by atoms with van der Waals surface area (Å²) in [5.41, 5.74) is -0.135. The molecule has 0 saturated heterocycles. The Kier molecular flexibility index (Phi) is 4.25. The highest BCUT2D eigenvalue weighted by Gasteiger charge is 2.45. The van der Waals surface area contributed by atoms with Gasteiger partial charge in [0.05, 0.1) is 28.4 Å². The van der Waals surface area contributed by atoms with Crippen LogP contribution in [0.15, 0.2) is 35.1 Å². The fraction of sp³-hybridized carbons (Fsp3) is 0.286. The van der Waals surface area contributed by atoms with Crippen molar-refractivity contribution in [2.24, 2.45) is 0 Å². The highest BCUT2D eigenvalue weighted by Crippen LogP contribution is 2.39. The number of nitrogens with zero attached hydrogens (tertiary/aromatic N) is 3. The molecule has 3 aromatic rings. The predicted octanol–water partition coefficient (Wildman–Crippen LogP) is 2.62. The first-order chi connectivity index (χ1) is 13.8. The van der Waals surface area contributed by atoms with Crippen molar-refractivity contribution in [3.63, 3.8) is 0 Å².